The Morgan fingerprint density at radius 2 is 1.33 bits per heavy atom. The fourth-order valence-corrected chi connectivity index (χ4v) is 1.41. The maximum atomic E-state index is 8.90. The van der Waals surface area contributed by atoms with Gasteiger partial charge in [-0.05, 0) is 11.1 Å². The van der Waals surface area contributed by atoms with Crippen molar-refractivity contribution in [3.8, 4) is 11.1 Å². The highest BCUT2D eigenvalue weighted by Gasteiger charge is 2.23. The first kappa shape index (κ1) is 9.89. The number of nitrogens with zero attached hydrogens (tertiary/aromatic N) is 1. The second kappa shape index (κ2) is 4.25. The van der Waals surface area contributed by atoms with Crippen molar-refractivity contribution >= 4 is 7.25 Å². The van der Waals surface area contributed by atoms with E-state index in [0.29, 0.717) is 0 Å². The fourth-order valence-electron chi connectivity index (χ4n) is 1.41. The minimum Gasteiger partial charge on any atom is -0.361 e. The van der Waals surface area contributed by atoms with Crippen LogP contribution in [-0.2, 0) is 0 Å². The van der Waals surface area contributed by atoms with Gasteiger partial charge in [0.25, 0.3) is 0 Å². The molecule has 0 fully saturated rings. The molecule has 4 heteroatoms. The maximum Gasteiger partial charge on any atom is 0.843 e. The molecule has 0 spiro atoms. The van der Waals surface area contributed by atoms with Gasteiger partial charge < -0.3 is 10.0 Å². The van der Waals surface area contributed by atoms with Crippen LogP contribution in [0.2, 0.25) is 0 Å². The first-order valence-electron chi connectivity index (χ1n) is 4.70. The summed E-state index contributed by atoms with van der Waals surface area (Å²) in [6.45, 7) is 0. The predicted molar refractivity (Wildman–Crippen MR) is 57.7 cm³/mol. The van der Waals surface area contributed by atoms with Crippen LogP contribution < -0.4 is 4.48 Å². The normalized spacial score (nSPS) is 10.0. The maximum absolute atomic E-state index is 8.90. The van der Waals surface area contributed by atoms with Crippen LogP contribution in [0.4, 0.5) is 0 Å². The van der Waals surface area contributed by atoms with Crippen molar-refractivity contribution < 1.29 is 14.5 Å². The third-order valence-corrected chi connectivity index (χ3v) is 2.23. The lowest BCUT2D eigenvalue weighted by Gasteiger charge is -1.99. The van der Waals surface area contributed by atoms with E-state index in [2.05, 4.69) is 0 Å². The average Bonchev–Trinajstić information content (AvgIpc) is 2.30. The molecule has 0 saturated carbocycles. The van der Waals surface area contributed by atoms with Crippen molar-refractivity contribution in [2.75, 3.05) is 0 Å². The number of hydrogen-bond donors (Lipinski definition) is 2. The van der Waals surface area contributed by atoms with E-state index in [0.717, 1.165) is 11.1 Å². The molecule has 0 aliphatic carbocycles. The molecule has 0 aliphatic rings. The molecule has 1 heterocycles. The molecule has 1 aromatic carbocycles. The number of pyridine rings is 1. The Labute approximate surface area is 88.4 Å². The molecular formula is C11H11BNO2+. The summed E-state index contributed by atoms with van der Waals surface area (Å²) in [6, 6.07) is 13.6. The van der Waals surface area contributed by atoms with Crippen LogP contribution in [0.5, 0.6) is 0 Å². The highest BCUT2D eigenvalue weighted by molar-refractivity contribution is 6.29. The molecule has 15 heavy (non-hydrogen) atoms. The molecule has 0 radical (unpaired) electrons. The Morgan fingerprint density at radius 3 is 1.87 bits per heavy atom. The predicted octanol–water partition coefficient (Wildman–Crippen LogP) is 0.459. The Balaban J connectivity index is 2.32. The third kappa shape index (κ3) is 2.23. The van der Waals surface area contributed by atoms with Crippen LogP contribution in [-0.4, -0.2) is 17.3 Å². The highest BCUT2D eigenvalue weighted by atomic mass is 16.4. The van der Waals surface area contributed by atoms with Crippen LogP contribution in [0.3, 0.4) is 0 Å². The molecule has 0 aliphatic heterocycles. The number of hydrogen-bond acceptors (Lipinski definition) is 2. The Kier molecular flexibility index (Phi) is 2.80. The smallest absolute Gasteiger partial charge is 0.361 e. The topological polar surface area (TPSA) is 44.3 Å². The van der Waals surface area contributed by atoms with Gasteiger partial charge in [0.15, 0.2) is 0 Å². The van der Waals surface area contributed by atoms with Crippen molar-refractivity contribution in [1.82, 2.24) is 0 Å². The van der Waals surface area contributed by atoms with Gasteiger partial charge in [-0.25, -0.2) is 4.48 Å². The third-order valence-electron chi connectivity index (χ3n) is 2.23. The zero-order valence-corrected chi connectivity index (χ0v) is 8.12. The largest absolute Gasteiger partial charge is 0.843 e. The van der Waals surface area contributed by atoms with E-state index in [4.69, 9.17) is 10.0 Å². The van der Waals surface area contributed by atoms with Crippen LogP contribution in [0.1, 0.15) is 0 Å². The number of benzene rings is 1. The van der Waals surface area contributed by atoms with Gasteiger partial charge in [-0.2, -0.15) is 0 Å². The quantitative estimate of drug-likeness (QED) is 0.691. The van der Waals surface area contributed by atoms with E-state index < -0.39 is 7.25 Å². The fraction of sp³-hybridized carbons (Fsp3) is 0. The summed E-state index contributed by atoms with van der Waals surface area (Å²) in [4.78, 5) is 0. The first-order chi connectivity index (χ1) is 7.27. The zero-order valence-electron chi connectivity index (χ0n) is 8.12. The molecule has 0 amide bonds. The van der Waals surface area contributed by atoms with Crippen LogP contribution in [0, 0.1) is 0 Å². The van der Waals surface area contributed by atoms with E-state index in [-0.39, 0.29) is 0 Å². The van der Waals surface area contributed by atoms with E-state index in [9.17, 15) is 0 Å². The van der Waals surface area contributed by atoms with Crippen LogP contribution in [0.25, 0.3) is 11.1 Å². The highest BCUT2D eigenvalue weighted by Crippen LogP contribution is 2.16. The van der Waals surface area contributed by atoms with E-state index in [1.54, 1.807) is 12.4 Å². The summed E-state index contributed by atoms with van der Waals surface area (Å²) in [5, 5.41) is 17.8. The Morgan fingerprint density at radius 1 is 0.800 bits per heavy atom. The number of rotatable bonds is 2. The Hall–Kier alpha value is -1.65. The molecular weight excluding hydrogens is 189 g/mol. The van der Waals surface area contributed by atoms with Crippen molar-refractivity contribution in [3.05, 3.63) is 54.9 Å². The molecule has 1 aromatic heterocycles. The summed E-state index contributed by atoms with van der Waals surface area (Å²) in [6.07, 6.45) is 3.26. The van der Waals surface area contributed by atoms with Gasteiger partial charge >= 0.3 is 7.25 Å². The monoisotopic (exact) mass is 200 g/mol. The van der Waals surface area contributed by atoms with Crippen molar-refractivity contribution in [3.63, 3.8) is 0 Å². The summed E-state index contributed by atoms with van der Waals surface area (Å²) in [7, 11) is -1.48. The molecule has 3 nitrogen and oxygen atoms in total. The number of aromatic nitrogens is 1. The van der Waals surface area contributed by atoms with Gasteiger partial charge in [0.2, 0.25) is 0 Å². The first-order valence-corrected chi connectivity index (χ1v) is 4.70. The molecule has 0 bridgehead atoms. The van der Waals surface area contributed by atoms with Crippen LogP contribution >= 0.6 is 0 Å². The van der Waals surface area contributed by atoms with Crippen molar-refractivity contribution in [2.24, 2.45) is 0 Å². The standard InChI is InChI=1S/C11H11BNO2/c14-12(15)13-8-6-11(7-9-13)10-4-2-1-3-5-10/h1-9,14-15H/q+1. The summed E-state index contributed by atoms with van der Waals surface area (Å²) in [5.74, 6) is 0. The van der Waals surface area contributed by atoms with Gasteiger partial charge in [-0.15, -0.1) is 0 Å². The molecule has 0 saturated heterocycles. The zero-order chi connectivity index (χ0) is 10.7. The van der Waals surface area contributed by atoms with Crippen molar-refractivity contribution in [1.29, 1.82) is 0 Å². The van der Waals surface area contributed by atoms with Gasteiger partial charge in [-0.3, -0.25) is 0 Å². The second-order valence-electron chi connectivity index (χ2n) is 3.25. The minimum atomic E-state index is -1.48. The molecule has 0 unspecified atom stereocenters. The summed E-state index contributed by atoms with van der Waals surface area (Å²) < 4.78 is 1.31. The van der Waals surface area contributed by atoms with Gasteiger partial charge in [0, 0.05) is 12.1 Å². The van der Waals surface area contributed by atoms with E-state index in [1.807, 2.05) is 42.5 Å². The van der Waals surface area contributed by atoms with Gasteiger partial charge in [-0.1, -0.05) is 30.3 Å². The van der Waals surface area contributed by atoms with Crippen molar-refractivity contribution in [2.45, 2.75) is 0 Å². The molecule has 2 N–H and O–H groups in total. The lowest BCUT2D eigenvalue weighted by molar-refractivity contribution is -0.562. The van der Waals surface area contributed by atoms with E-state index >= 15 is 0 Å². The minimum absolute atomic E-state index is 1.05. The lowest BCUT2D eigenvalue weighted by Crippen LogP contribution is -2.50. The van der Waals surface area contributed by atoms with E-state index in [1.165, 1.54) is 4.48 Å². The average molecular weight is 200 g/mol. The van der Waals surface area contributed by atoms with Gasteiger partial charge in [0.1, 0.15) is 12.4 Å². The molecule has 2 aromatic rings. The van der Waals surface area contributed by atoms with Crippen LogP contribution in [0.15, 0.2) is 54.9 Å². The Bertz CT molecular complexity index is 428. The second-order valence-corrected chi connectivity index (χ2v) is 3.25. The molecule has 2 rings (SSSR count). The van der Waals surface area contributed by atoms with Gasteiger partial charge in [0.05, 0.1) is 0 Å². The molecule has 74 valence electrons. The lowest BCUT2D eigenvalue weighted by atomic mass is 10.1. The summed E-state index contributed by atoms with van der Waals surface area (Å²) >= 11 is 0. The summed E-state index contributed by atoms with van der Waals surface area (Å²) in [5.41, 5.74) is 2.16. The molecule has 0 atom stereocenters. The SMILES string of the molecule is OB(O)[n+]1ccc(-c2ccccc2)cc1.